The van der Waals surface area contributed by atoms with Gasteiger partial charge in [-0.15, -0.1) is 0 Å². The van der Waals surface area contributed by atoms with Crippen molar-refractivity contribution in [2.75, 3.05) is 6.54 Å². The lowest BCUT2D eigenvalue weighted by Crippen LogP contribution is -2.58. The van der Waals surface area contributed by atoms with Crippen LogP contribution in [0, 0.1) is 0 Å². The third-order valence-corrected chi connectivity index (χ3v) is 5.49. The molecule has 1 aromatic carbocycles. The molecule has 3 amide bonds. The summed E-state index contributed by atoms with van der Waals surface area (Å²) in [5.74, 6) is -6.67. The number of hydrogen-bond donors (Lipinski definition) is 8. The first-order valence-corrected chi connectivity index (χ1v) is 12.0. The van der Waals surface area contributed by atoms with Crippen molar-refractivity contribution in [3.63, 3.8) is 0 Å². The molecule has 10 N–H and O–H groups in total. The largest absolute Gasteiger partial charge is 0.481 e. The normalized spacial score (nSPS) is 13.8. The third-order valence-electron chi connectivity index (χ3n) is 5.49. The second kappa shape index (κ2) is 16.7. The number of unbranched alkanes of at least 4 members (excludes halogenated alkanes) is 1. The maximum atomic E-state index is 13.1. The number of rotatable bonds is 18. The number of carbonyl (C=O) groups excluding carboxylic acids is 3. The van der Waals surface area contributed by atoms with E-state index in [0.29, 0.717) is 24.9 Å². The molecule has 0 saturated heterocycles. The summed E-state index contributed by atoms with van der Waals surface area (Å²) in [7, 11) is 0. The maximum Gasteiger partial charge on any atom is 0.326 e. The number of nitrogens with one attached hydrogen (secondary N) is 3. The monoisotopic (exact) mass is 537 g/mol. The Morgan fingerprint density at radius 2 is 1.32 bits per heavy atom. The summed E-state index contributed by atoms with van der Waals surface area (Å²) in [6, 6.07) is 2.97. The number of benzene rings is 1. The van der Waals surface area contributed by atoms with Gasteiger partial charge in [0, 0.05) is 12.8 Å². The van der Waals surface area contributed by atoms with E-state index in [1.165, 1.54) is 0 Å². The molecule has 1 rings (SSSR count). The van der Waals surface area contributed by atoms with Gasteiger partial charge in [-0.1, -0.05) is 30.3 Å². The van der Waals surface area contributed by atoms with Crippen LogP contribution in [0.2, 0.25) is 0 Å². The van der Waals surface area contributed by atoms with E-state index in [4.69, 9.17) is 16.6 Å². The maximum absolute atomic E-state index is 13.1. The van der Waals surface area contributed by atoms with Crippen LogP contribution in [0.4, 0.5) is 0 Å². The molecule has 0 saturated carbocycles. The molecule has 4 unspecified atom stereocenters. The average Bonchev–Trinajstić information content (AvgIpc) is 2.85. The van der Waals surface area contributed by atoms with E-state index in [1.807, 2.05) is 0 Å². The standard InChI is InChI=1S/C24H35N5O9/c25-11-5-4-8-16(24(37)38)27-23(36)18(13-20(32)33)29-22(35)17(12-14-6-2-1-3-7-14)28-21(34)15(26)9-10-19(30)31/h1-3,6-7,15-18H,4-5,8-13,25-26H2,(H,27,36)(H,28,34)(H,29,35)(H,30,31)(H,32,33)(H,37,38). The van der Waals surface area contributed by atoms with Crippen molar-refractivity contribution in [1.82, 2.24) is 16.0 Å². The Morgan fingerprint density at radius 1 is 0.737 bits per heavy atom. The van der Waals surface area contributed by atoms with Crippen LogP contribution >= 0.6 is 0 Å². The van der Waals surface area contributed by atoms with Crippen LogP contribution in [0.3, 0.4) is 0 Å². The summed E-state index contributed by atoms with van der Waals surface area (Å²) in [6.45, 7) is 0.326. The minimum absolute atomic E-state index is 0.0485. The highest BCUT2D eigenvalue weighted by atomic mass is 16.4. The Hall–Kier alpha value is -4.04. The van der Waals surface area contributed by atoms with Gasteiger partial charge in [0.15, 0.2) is 0 Å². The van der Waals surface area contributed by atoms with Crippen LogP contribution in [0.25, 0.3) is 0 Å². The predicted octanol–water partition coefficient (Wildman–Crippen LogP) is -1.44. The fourth-order valence-electron chi connectivity index (χ4n) is 3.43. The summed E-state index contributed by atoms with van der Waals surface area (Å²) in [4.78, 5) is 72.2. The van der Waals surface area contributed by atoms with Gasteiger partial charge in [-0.05, 0) is 37.8 Å². The van der Waals surface area contributed by atoms with Crippen molar-refractivity contribution < 1.29 is 44.1 Å². The van der Waals surface area contributed by atoms with E-state index >= 15 is 0 Å². The number of amides is 3. The second-order valence-electron chi connectivity index (χ2n) is 8.63. The molecule has 0 bridgehead atoms. The fraction of sp³-hybridized carbons (Fsp3) is 0.500. The molecule has 0 fully saturated rings. The van der Waals surface area contributed by atoms with Crippen molar-refractivity contribution >= 4 is 35.6 Å². The first-order valence-electron chi connectivity index (χ1n) is 12.0. The van der Waals surface area contributed by atoms with Gasteiger partial charge in [0.2, 0.25) is 17.7 Å². The van der Waals surface area contributed by atoms with Gasteiger partial charge < -0.3 is 42.7 Å². The first kappa shape index (κ1) is 32.0. The van der Waals surface area contributed by atoms with E-state index in [2.05, 4.69) is 16.0 Å². The molecule has 0 heterocycles. The van der Waals surface area contributed by atoms with Crippen LogP contribution in [-0.2, 0) is 35.2 Å². The molecule has 0 radical (unpaired) electrons. The highest BCUT2D eigenvalue weighted by molar-refractivity contribution is 5.95. The molecule has 14 heteroatoms. The van der Waals surface area contributed by atoms with Crippen molar-refractivity contribution in [3.05, 3.63) is 35.9 Å². The predicted molar refractivity (Wildman–Crippen MR) is 134 cm³/mol. The third kappa shape index (κ3) is 12.3. The van der Waals surface area contributed by atoms with E-state index in [-0.39, 0.29) is 25.7 Å². The van der Waals surface area contributed by atoms with Crippen LogP contribution in [0.1, 0.15) is 44.1 Å². The minimum Gasteiger partial charge on any atom is -0.481 e. The van der Waals surface area contributed by atoms with Crippen molar-refractivity contribution in [2.45, 2.75) is 69.1 Å². The Balaban J connectivity index is 3.07. The zero-order valence-corrected chi connectivity index (χ0v) is 20.8. The zero-order chi connectivity index (χ0) is 28.7. The van der Waals surface area contributed by atoms with Crippen LogP contribution in [0.5, 0.6) is 0 Å². The molecule has 0 aromatic heterocycles. The summed E-state index contributed by atoms with van der Waals surface area (Å²) in [5.41, 5.74) is 11.8. The summed E-state index contributed by atoms with van der Waals surface area (Å²) < 4.78 is 0. The molecule has 0 aliphatic heterocycles. The summed E-state index contributed by atoms with van der Waals surface area (Å²) in [5, 5.41) is 34.4. The minimum atomic E-state index is -1.65. The van der Waals surface area contributed by atoms with Crippen LogP contribution in [-0.4, -0.2) is 81.7 Å². The van der Waals surface area contributed by atoms with Crippen LogP contribution < -0.4 is 27.4 Å². The van der Waals surface area contributed by atoms with Crippen LogP contribution in [0.15, 0.2) is 30.3 Å². The molecule has 4 atom stereocenters. The van der Waals surface area contributed by atoms with E-state index in [1.54, 1.807) is 30.3 Å². The van der Waals surface area contributed by atoms with Crippen molar-refractivity contribution in [3.8, 4) is 0 Å². The van der Waals surface area contributed by atoms with E-state index < -0.39 is 66.2 Å². The van der Waals surface area contributed by atoms with Gasteiger partial charge in [0.1, 0.15) is 18.1 Å². The van der Waals surface area contributed by atoms with E-state index in [0.717, 1.165) is 0 Å². The number of aliphatic carboxylic acids is 3. The van der Waals surface area contributed by atoms with Gasteiger partial charge in [-0.25, -0.2) is 4.79 Å². The lowest BCUT2D eigenvalue weighted by molar-refractivity contribution is -0.144. The Kier molecular flexibility index (Phi) is 14.0. The quantitative estimate of drug-likeness (QED) is 0.101. The Labute approximate surface area is 219 Å². The molecular formula is C24H35N5O9. The molecule has 38 heavy (non-hydrogen) atoms. The average molecular weight is 538 g/mol. The first-order chi connectivity index (χ1) is 17.9. The molecule has 210 valence electrons. The number of nitrogens with two attached hydrogens (primary N) is 2. The summed E-state index contributed by atoms with van der Waals surface area (Å²) >= 11 is 0. The number of carbonyl (C=O) groups is 6. The van der Waals surface area contributed by atoms with E-state index in [9.17, 15) is 39.0 Å². The lowest BCUT2D eigenvalue weighted by Gasteiger charge is -2.24. The Morgan fingerprint density at radius 3 is 1.87 bits per heavy atom. The summed E-state index contributed by atoms with van der Waals surface area (Å²) in [6.07, 6.45) is -0.500. The molecule has 14 nitrogen and oxygen atoms in total. The SMILES string of the molecule is NCCCCC(NC(=O)C(CC(=O)O)NC(=O)C(Cc1ccccc1)NC(=O)C(N)CCC(=O)O)C(=O)O. The topological polar surface area (TPSA) is 251 Å². The molecule has 0 spiro atoms. The molecule has 0 aliphatic rings. The fourth-order valence-corrected chi connectivity index (χ4v) is 3.43. The smallest absolute Gasteiger partial charge is 0.326 e. The Bertz CT molecular complexity index is 973. The number of carboxylic acids is 3. The van der Waals surface area contributed by atoms with Gasteiger partial charge in [-0.3, -0.25) is 24.0 Å². The highest BCUT2D eigenvalue weighted by Crippen LogP contribution is 2.07. The zero-order valence-electron chi connectivity index (χ0n) is 20.8. The molecule has 0 aliphatic carbocycles. The van der Waals surface area contributed by atoms with Crippen molar-refractivity contribution in [1.29, 1.82) is 0 Å². The lowest BCUT2D eigenvalue weighted by atomic mass is 10.0. The highest BCUT2D eigenvalue weighted by Gasteiger charge is 2.31. The second-order valence-corrected chi connectivity index (χ2v) is 8.63. The number of carboxylic acid groups (broad SMARTS) is 3. The number of hydrogen-bond acceptors (Lipinski definition) is 8. The van der Waals surface area contributed by atoms with Gasteiger partial charge >= 0.3 is 17.9 Å². The molecular weight excluding hydrogens is 502 g/mol. The van der Waals surface area contributed by atoms with Gasteiger partial charge in [0.05, 0.1) is 12.5 Å². The molecule has 1 aromatic rings. The van der Waals surface area contributed by atoms with Crippen molar-refractivity contribution in [2.24, 2.45) is 11.5 Å². The van der Waals surface area contributed by atoms with Gasteiger partial charge in [0.25, 0.3) is 0 Å². The van der Waals surface area contributed by atoms with Gasteiger partial charge in [-0.2, -0.15) is 0 Å².